The van der Waals surface area contributed by atoms with E-state index in [1.165, 1.54) is 27.7 Å². The summed E-state index contributed by atoms with van der Waals surface area (Å²) in [6, 6.07) is 3.11. The van der Waals surface area contributed by atoms with Crippen molar-refractivity contribution in [2.45, 2.75) is 13.0 Å². The maximum Gasteiger partial charge on any atom is 0.319 e. The van der Waals surface area contributed by atoms with Crippen molar-refractivity contribution in [1.29, 1.82) is 0 Å². The van der Waals surface area contributed by atoms with Gasteiger partial charge in [0.1, 0.15) is 12.1 Å². The Morgan fingerprint density at radius 3 is 2.76 bits per heavy atom. The van der Waals surface area contributed by atoms with Gasteiger partial charge in [0, 0.05) is 19.4 Å². The summed E-state index contributed by atoms with van der Waals surface area (Å²) in [6.45, 7) is 1.70. The number of hydrogen-bond acceptors (Lipinski definition) is 7. The molecule has 3 aromatic heterocycles. The van der Waals surface area contributed by atoms with Crippen LogP contribution in [0.15, 0.2) is 41.7 Å². The number of rotatable bonds is 4. The normalized spacial score (nSPS) is 12.1. The van der Waals surface area contributed by atoms with E-state index >= 15 is 0 Å². The fraction of sp³-hybridized carbons (Fsp3) is 0.176. The SMILES string of the molecule is C[C@H](NC(=O)Nc1cc2c(cc1F)sc(=O)n2C)c1ncnn1-c1ncccn1. The summed E-state index contributed by atoms with van der Waals surface area (Å²) in [7, 11) is 1.59. The lowest BCUT2D eigenvalue weighted by atomic mass is 10.2. The standard InChI is InChI=1S/C17H15FN8O2S/c1-9(14-21-8-22-26(14)15-19-4-3-5-20-15)23-16(27)24-11-7-12-13(6-10(11)18)29-17(28)25(12)2/h3-9H,1-2H3,(H2,23,24,27)/t9-/m0/s1. The van der Waals surface area contributed by atoms with Crippen molar-refractivity contribution in [2.75, 3.05) is 5.32 Å². The number of aromatic nitrogens is 6. The maximum atomic E-state index is 14.3. The first-order valence-corrected chi connectivity index (χ1v) is 9.29. The van der Waals surface area contributed by atoms with Gasteiger partial charge in [-0.25, -0.2) is 24.1 Å². The van der Waals surface area contributed by atoms with E-state index in [-0.39, 0.29) is 10.6 Å². The van der Waals surface area contributed by atoms with Crippen LogP contribution in [0.1, 0.15) is 18.8 Å². The minimum Gasteiger partial charge on any atom is -0.328 e. The van der Waals surface area contributed by atoms with Crippen LogP contribution in [0.5, 0.6) is 0 Å². The van der Waals surface area contributed by atoms with Gasteiger partial charge in [-0.2, -0.15) is 9.78 Å². The van der Waals surface area contributed by atoms with Gasteiger partial charge in [0.05, 0.1) is 21.9 Å². The molecule has 4 rings (SSSR count). The Labute approximate surface area is 167 Å². The highest BCUT2D eigenvalue weighted by atomic mass is 32.1. The Morgan fingerprint density at radius 2 is 2.00 bits per heavy atom. The van der Waals surface area contributed by atoms with Crippen molar-refractivity contribution in [3.63, 3.8) is 0 Å². The molecule has 2 amide bonds. The molecule has 1 atom stereocenters. The summed E-state index contributed by atoms with van der Waals surface area (Å²) >= 11 is 0.938. The van der Waals surface area contributed by atoms with Crippen molar-refractivity contribution in [1.82, 2.24) is 34.6 Å². The molecule has 2 N–H and O–H groups in total. The third-order valence-corrected chi connectivity index (χ3v) is 5.18. The topological polar surface area (TPSA) is 120 Å². The molecule has 29 heavy (non-hydrogen) atoms. The second-order valence-electron chi connectivity index (χ2n) is 6.13. The van der Waals surface area contributed by atoms with E-state index in [9.17, 15) is 14.0 Å². The zero-order valence-corrected chi connectivity index (χ0v) is 16.1. The molecule has 10 nitrogen and oxygen atoms in total. The molecule has 0 radical (unpaired) electrons. The molecule has 0 fully saturated rings. The molecular weight excluding hydrogens is 399 g/mol. The highest BCUT2D eigenvalue weighted by molar-refractivity contribution is 7.16. The highest BCUT2D eigenvalue weighted by Crippen LogP contribution is 2.24. The minimum atomic E-state index is -0.639. The number of thiazole rings is 1. The molecule has 12 heteroatoms. The van der Waals surface area contributed by atoms with E-state index in [2.05, 4.69) is 30.7 Å². The molecule has 3 heterocycles. The van der Waals surface area contributed by atoms with Crippen LogP contribution in [0.2, 0.25) is 0 Å². The van der Waals surface area contributed by atoms with Crippen molar-refractivity contribution < 1.29 is 9.18 Å². The quantitative estimate of drug-likeness (QED) is 0.527. The monoisotopic (exact) mass is 414 g/mol. The molecule has 0 aliphatic carbocycles. The average Bonchev–Trinajstić information content (AvgIpc) is 3.29. The largest absolute Gasteiger partial charge is 0.328 e. The number of nitrogens with zero attached hydrogens (tertiary/aromatic N) is 6. The van der Waals surface area contributed by atoms with E-state index in [1.807, 2.05) is 0 Å². The van der Waals surface area contributed by atoms with E-state index in [4.69, 9.17) is 0 Å². The number of hydrogen-bond donors (Lipinski definition) is 2. The predicted molar refractivity (Wildman–Crippen MR) is 105 cm³/mol. The minimum absolute atomic E-state index is 0.0385. The molecule has 4 aromatic rings. The van der Waals surface area contributed by atoms with Crippen molar-refractivity contribution >= 4 is 33.3 Å². The van der Waals surface area contributed by atoms with Crippen LogP contribution in [0, 0.1) is 5.82 Å². The molecule has 0 unspecified atom stereocenters. The smallest absolute Gasteiger partial charge is 0.319 e. The Balaban J connectivity index is 1.53. The summed E-state index contributed by atoms with van der Waals surface area (Å²) < 4.78 is 17.6. The third-order valence-electron chi connectivity index (χ3n) is 4.18. The number of benzene rings is 1. The number of fused-ring (bicyclic) bond motifs is 1. The molecule has 148 valence electrons. The number of halogens is 1. The molecular formula is C17H15FN8O2S. The van der Waals surface area contributed by atoms with Gasteiger partial charge >= 0.3 is 10.9 Å². The highest BCUT2D eigenvalue weighted by Gasteiger charge is 2.19. The van der Waals surface area contributed by atoms with E-state index in [1.54, 1.807) is 32.4 Å². The van der Waals surface area contributed by atoms with Crippen molar-refractivity contribution in [3.8, 4) is 5.95 Å². The summed E-state index contributed by atoms with van der Waals surface area (Å²) in [4.78, 5) is 36.3. The summed E-state index contributed by atoms with van der Waals surface area (Å²) in [6.07, 6.45) is 4.46. The van der Waals surface area contributed by atoms with Crippen LogP contribution in [-0.2, 0) is 7.05 Å². The van der Waals surface area contributed by atoms with E-state index in [0.29, 0.717) is 22.0 Å². The van der Waals surface area contributed by atoms with E-state index in [0.717, 1.165) is 11.3 Å². The second kappa shape index (κ2) is 7.39. The summed E-state index contributed by atoms with van der Waals surface area (Å²) in [5.74, 6) is 0.0782. The zero-order chi connectivity index (χ0) is 20.5. The zero-order valence-electron chi connectivity index (χ0n) is 15.3. The van der Waals surface area contributed by atoms with Crippen LogP contribution < -0.4 is 15.5 Å². The molecule has 0 aliphatic heterocycles. The predicted octanol–water partition coefficient (Wildman–Crippen LogP) is 1.99. The van der Waals surface area contributed by atoms with Gasteiger partial charge in [-0.15, -0.1) is 0 Å². The number of nitrogens with one attached hydrogen (secondary N) is 2. The molecule has 0 aliphatic rings. The Bertz CT molecular complexity index is 1250. The Kier molecular flexibility index (Phi) is 4.76. The first-order valence-electron chi connectivity index (χ1n) is 8.48. The lowest BCUT2D eigenvalue weighted by molar-refractivity contribution is 0.248. The number of anilines is 1. The van der Waals surface area contributed by atoms with Crippen LogP contribution in [-0.4, -0.2) is 35.3 Å². The van der Waals surface area contributed by atoms with Gasteiger partial charge in [0.2, 0.25) is 0 Å². The number of carbonyl (C=O) groups is 1. The maximum absolute atomic E-state index is 14.3. The Morgan fingerprint density at radius 1 is 1.24 bits per heavy atom. The molecule has 0 saturated carbocycles. The van der Waals surface area contributed by atoms with E-state index < -0.39 is 17.9 Å². The molecule has 0 bridgehead atoms. The number of carbonyl (C=O) groups excluding carboxylic acids is 1. The third kappa shape index (κ3) is 3.57. The van der Waals surface area contributed by atoms with Crippen LogP contribution in [0.3, 0.4) is 0 Å². The van der Waals surface area contributed by atoms with Gasteiger partial charge in [-0.05, 0) is 25.1 Å². The van der Waals surface area contributed by atoms with Crippen LogP contribution in [0.25, 0.3) is 16.2 Å². The first-order chi connectivity index (χ1) is 13.9. The lowest BCUT2D eigenvalue weighted by Gasteiger charge is -2.15. The van der Waals surface area contributed by atoms with Gasteiger partial charge in [0.25, 0.3) is 5.95 Å². The molecule has 0 spiro atoms. The molecule has 0 saturated heterocycles. The second-order valence-corrected chi connectivity index (χ2v) is 7.12. The summed E-state index contributed by atoms with van der Waals surface area (Å²) in [5, 5.41) is 9.22. The fourth-order valence-corrected chi connectivity index (χ4v) is 3.65. The molecule has 1 aromatic carbocycles. The number of amides is 2. The van der Waals surface area contributed by atoms with Gasteiger partial charge < -0.3 is 15.2 Å². The lowest BCUT2D eigenvalue weighted by Crippen LogP contribution is -2.33. The van der Waals surface area contributed by atoms with Gasteiger partial charge in [-0.1, -0.05) is 11.3 Å². The van der Waals surface area contributed by atoms with Crippen molar-refractivity contribution in [3.05, 3.63) is 58.2 Å². The Hall–Kier alpha value is -3.67. The van der Waals surface area contributed by atoms with Crippen LogP contribution in [0.4, 0.5) is 14.9 Å². The first kappa shape index (κ1) is 18.7. The average molecular weight is 414 g/mol. The number of aryl methyl sites for hydroxylation is 1. The van der Waals surface area contributed by atoms with Crippen molar-refractivity contribution in [2.24, 2.45) is 7.05 Å². The van der Waals surface area contributed by atoms with Crippen LogP contribution >= 0.6 is 11.3 Å². The number of urea groups is 1. The summed E-state index contributed by atoms with van der Waals surface area (Å²) in [5.41, 5.74) is 0.495. The van der Waals surface area contributed by atoms with Gasteiger partial charge in [0.15, 0.2) is 5.82 Å². The fourth-order valence-electron chi connectivity index (χ4n) is 2.76. The van der Waals surface area contributed by atoms with Gasteiger partial charge in [-0.3, -0.25) is 4.79 Å².